The standard InChI is InChI=1S/C24H21N3O5S/c1-3-31-24(30)18-13-20(27-22(18)28)19-12-17(7-9-25-19)32-16-6-4-5-15(11-16)26-23(29)21-14(2)8-10-33-21/h4-13,27-28H,3H2,1-2H3,(H,26,29). The maximum absolute atomic E-state index is 12.5. The molecule has 1 amide bonds. The zero-order valence-electron chi connectivity index (χ0n) is 17.9. The number of aromatic amines is 1. The molecule has 9 heteroatoms. The summed E-state index contributed by atoms with van der Waals surface area (Å²) in [5, 5.41) is 14.8. The third-order valence-electron chi connectivity index (χ3n) is 4.70. The quantitative estimate of drug-likeness (QED) is 0.317. The number of pyridine rings is 1. The molecule has 0 saturated carbocycles. The molecule has 3 heterocycles. The summed E-state index contributed by atoms with van der Waals surface area (Å²) in [7, 11) is 0. The number of H-pyrrole nitrogens is 1. The van der Waals surface area contributed by atoms with Gasteiger partial charge in [-0.2, -0.15) is 0 Å². The molecule has 0 bridgehead atoms. The molecule has 0 aliphatic rings. The Morgan fingerprint density at radius 3 is 2.73 bits per heavy atom. The van der Waals surface area contributed by atoms with Crippen molar-refractivity contribution in [3.05, 3.63) is 76.1 Å². The number of benzene rings is 1. The Morgan fingerprint density at radius 1 is 1.15 bits per heavy atom. The van der Waals surface area contributed by atoms with Gasteiger partial charge in [0.25, 0.3) is 5.91 Å². The average Bonchev–Trinajstić information content (AvgIpc) is 3.40. The number of amides is 1. The molecule has 4 rings (SSSR count). The zero-order chi connectivity index (χ0) is 23.4. The highest BCUT2D eigenvalue weighted by Gasteiger charge is 2.18. The Kier molecular flexibility index (Phi) is 6.41. The number of carbonyl (C=O) groups is 2. The summed E-state index contributed by atoms with van der Waals surface area (Å²) in [4.78, 5) is 32.1. The molecular weight excluding hydrogens is 442 g/mol. The van der Waals surface area contributed by atoms with E-state index in [-0.39, 0.29) is 24.0 Å². The van der Waals surface area contributed by atoms with Crippen molar-refractivity contribution in [3.63, 3.8) is 0 Å². The third-order valence-corrected chi connectivity index (χ3v) is 5.71. The molecule has 168 valence electrons. The minimum absolute atomic E-state index is 0.0318. The van der Waals surface area contributed by atoms with E-state index in [1.165, 1.54) is 17.4 Å². The number of thiophene rings is 1. The van der Waals surface area contributed by atoms with Crippen molar-refractivity contribution >= 4 is 28.9 Å². The molecule has 0 atom stereocenters. The second kappa shape index (κ2) is 9.58. The van der Waals surface area contributed by atoms with Gasteiger partial charge in [-0.25, -0.2) is 4.79 Å². The highest BCUT2D eigenvalue weighted by Crippen LogP contribution is 2.30. The third kappa shape index (κ3) is 5.04. The Bertz CT molecular complexity index is 1310. The lowest BCUT2D eigenvalue weighted by Crippen LogP contribution is -2.11. The zero-order valence-corrected chi connectivity index (χ0v) is 18.7. The van der Waals surface area contributed by atoms with Crippen LogP contribution in [0.2, 0.25) is 0 Å². The van der Waals surface area contributed by atoms with Gasteiger partial charge in [0.1, 0.15) is 17.1 Å². The van der Waals surface area contributed by atoms with E-state index in [0.717, 1.165) is 5.56 Å². The fraction of sp³-hybridized carbons (Fsp3) is 0.125. The largest absolute Gasteiger partial charge is 0.494 e. The van der Waals surface area contributed by atoms with Gasteiger partial charge in [-0.05, 0) is 55.1 Å². The Labute approximate surface area is 193 Å². The second-order valence-electron chi connectivity index (χ2n) is 7.06. The average molecular weight is 464 g/mol. The lowest BCUT2D eigenvalue weighted by molar-refractivity contribution is 0.0523. The number of nitrogens with one attached hydrogen (secondary N) is 2. The van der Waals surface area contributed by atoms with E-state index in [9.17, 15) is 14.7 Å². The number of aromatic nitrogens is 2. The highest BCUT2D eigenvalue weighted by molar-refractivity contribution is 7.12. The number of nitrogens with zero attached hydrogens (tertiary/aromatic N) is 1. The van der Waals surface area contributed by atoms with Gasteiger partial charge in [0, 0.05) is 24.0 Å². The topological polar surface area (TPSA) is 114 Å². The maximum Gasteiger partial charge on any atom is 0.343 e. The van der Waals surface area contributed by atoms with Crippen molar-refractivity contribution in [2.45, 2.75) is 13.8 Å². The Balaban J connectivity index is 1.51. The monoisotopic (exact) mass is 463 g/mol. The van der Waals surface area contributed by atoms with Crippen LogP contribution in [0.1, 0.15) is 32.5 Å². The summed E-state index contributed by atoms with van der Waals surface area (Å²) >= 11 is 1.39. The van der Waals surface area contributed by atoms with E-state index < -0.39 is 5.97 Å². The molecule has 33 heavy (non-hydrogen) atoms. The molecule has 4 aromatic rings. The van der Waals surface area contributed by atoms with Gasteiger partial charge in [-0.15, -0.1) is 11.3 Å². The Hall–Kier alpha value is -4.11. The number of aryl methyl sites for hydroxylation is 1. The lowest BCUT2D eigenvalue weighted by Gasteiger charge is -2.09. The van der Waals surface area contributed by atoms with Gasteiger partial charge < -0.3 is 24.9 Å². The van der Waals surface area contributed by atoms with Crippen LogP contribution >= 0.6 is 11.3 Å². The van der Waals surface area contributed by atoms with Crippen molar-refractivity contribution in [2.24, 2.45) is 0 Å². The number of anilines is 1. The summed E-state index contributed by atoms with van der Waals surface area (Å²) in [6, 6.07) is 13.8. The number of hydrogen-bond donors (Lipinski definition) is 3. The first-order valence-electron chi connectivity index (χ1n) is 10.1. The van der Waals surface area contributed by atoms with E-state index in [1.54, 1.807) is 49.5 Å². The summed E-state index contributed by atoms with van der Waals surface area (Å²) < 4.78 is 10.9. The fourth-order valence-corrected chi connectivity index (χ4v) is 3.95. The summed E-state index contributed by atoms with van der Waals surface area (Å²) in [6.45, 7) is 3.78. The molecule has 0 saturated heterocycles. The van der Waals surface area contributed by atoms with Crippen molar-refractivity contribution in [3.8, 4) is 28.8 Å². The molecule has 0 aliphatic carbocycles. The molecule has 0 unspecified atom stereocenters. The van der Waals surface area contributed by atoms with Crippen LogP contribution in [0.15, 0.2) is 60.1 Å². The SMILES string of the molecule is CCOC(=O)c1cc(-c2cc(Oc3cccc(NC(=O)c4sccc4C)c3)ccn2)[nH]c1O. The Morgan fingerprint density at radius 2 is 1.97 bits per heavy atom. The molecule has 0 fully saturated rings. The first-order valence-corrected chi connectivity index (χ1v) is 11.0. The molecule has 1 aromatic carbocycles. The van der Waals surface area contributed by atoms with Crippen LogP contribution in [0.3, 0.4) is 0 Å². The van der Waals surface area contributed by atoms with Crippen molar-refractivity contribution < 1.29 is 24.2 Å². The van der Waals surface area contributed by atoms with Crippen molar-refractivity contribution in [2.75, 3.05) is 11.9 Å². The number of rotatable bonds is 7. The number of aromatic hydroxyl groups is 1. The minimum atomic E-state index is -0.624. The van der Waals surface area contributed by atoms with Gasteiger partial charge in [-0.3, -0.25) is 9.78 Å². The van der Waals surface area contributed by atoms with Crippen LogP contribution in [0.5, 0.6) is 17.4 Å². The van der Waals surface area contributed by atoms with Crippen LogP contribution in [0.25, 0.3) is 11.4 Å². The second-order valence-corrected chi connectivity index (χ2v) is 7.98. The highest BCUT2D eigenvalue weighted by atomic mass is 32.1. The van der Waals surface area contributed by atoms with Gasteiger partial charge >= 0.3 is 5.97 Å². The van der Waals surface area contributed by atoms with Crippen molar-refractivity contribution in [1.82, 2.24) is 9.97 Å². The summed E-state index contributed by atoms with van der Waals surface area (Å²) in [5.41, 5.74) is 2.47. The van der Waals surface area contributed by atoms with Gasteiger partial charge in [-0.1, -0.05) is 6.07 Å². The molecular formula is C24H21N3O5S. The lowest BCUT2D eigenvalue weighted by atomic mass is 10.2. The van der Waals surface area contributed by atoms with E-state index in [1.807, 2.05) is 18.4 Å². The van der Waals surface area contributed by atoms with E-state index in [0.29, 0.717) is 33.5 Å². The van der Waals surface area contributed by atoms with Crippen LogP contribution in [-0.4, -0.2) is 33.6 Å². The van der Waals surface area contributed by atoms with Crippen molar-refractivity contribution in [1.29, 1.82) is 0 Å². The van der Waals surface area contributed by atoms with Gasteiger partial charge in [0.05, 0.1) is 22.9 Å². The van der Waals surface area contributed by atoms with Gasteiger partial charge in [0.15, 0.2) is 0 Å². The fourth-order valence-electron chi connectivity index (χ4n) is 3.13. The normalized spacial score (nSPS) is 10.6. The summed E-state index contributed by atoms with van der Waals surface area (Å²) in [5.74, 6) is -0.0731. The number of esters is 1. The van der Waals surface area contributed by atoms with Crippen LogP contribution in [-0.2, 0) is 4.74 Å². The number of ether oxygens (including phenoxy) is 2. The molecule has 0 aliphatic heterocycles. The first-order chi connectivity index (χ1) is 15.9. The summed E-state index contributed by atoms with van der Waals surface area (Å²) in [6.07, 6.45) is 1.55. The van der Waals surface area contributed by atoms with E-state index >= 15 is 0 Å². The van der Waals surface area contributed by atoms with Gasteiger partial charge in [0.2, 0.25) is 5.88 Å². The molecule has 3 N–H and O–H groups in total. The molecule has 3 aromatic heterocycles. The van der Waals surface area contributed by atoms with Crippen LogP contribution in [0.4, 0.5) is 5.69 Å². The first kappa shape index (κ1) is 22.1. The van der Waals surface area contributed by atoms with Crippen LogP contribution < -0.4 is 10.1 Å². The molecule has 8 nitrogen and oxygen atoms in total. The maximum atomic E-state index is 12.5. The number of carbonyl (C=O) groups excluding carboxylic acids is 2. The van der Waals surface area contributed by atoms with E-state index in [2.05, 4.69) is 15.3 Å². The predicted octanol–water partition coefficient (Wildman–Crippen LogP) is 5.37. The molecule has 0 spiro atoms. The minimum Gasteiger partial charge on any atom is -0.494 e. The number of hydrogen-bond acceptors (Lipinski definition) is 7. The van der Waals surface area contributed by atoms with E-state index in [4.69, 9.17) is 9.47 Å². The smallest absolute Gasteiger partial charge is 0.343 e. The predicted molar refractivity (Wildman–Crippen MR) is 125 cm³/mol. The molecule has 0 radical (unpaired) electrons. The van der Waals surface area contributed by atoms with Crippen LogP contribution in [0, 0.1) is 6.92 Å².